The van der Waals surface area contributed by atoms with Gasteiger partial charge >= 0.3 is 0 Å². The Morgan fingerprint density at radius 3 is 2.35 bits per heavy atom. The lowest BCUT2D eigenvalue weighted by Gasteiger charge is -2.40. The Hall–Kier alpha value is -0.380. The third-order valence-electron chi connectivity index (χ3n) is 5.16. The van der Waals surface area contributed by atoms with Gasteiger partial charge in [0.1, 0.15) is 0 Å². The first-order valence-corrected chi connectivity index (χ1v) is 8.70. The van der Waals surface area contributed by atoms with Gasteiger partial charge in [0.05, 0.1) is 0 Å². The van der Waals surface area contributed by atoms with Gasteiger partial charge in [0.2, 0.25) is 0 Å². The second-order valence-corrected chi connectivity index (χ2v) is 7.32. The molecular weight excluding hydrogens is 312 g/mol. The Balaban J connectivity index is 1.73. The van der Waals surface area contributed by atoms with E-state index in [1.807, 2.05) is 0 Å². The van der Waals surface area contributed by atoms with E-state index in [9.17, 15) is 0 Å². The highest BCUT2D eigenvalue weighted by molar-refractivity contribution is 9.10. The maximum absolute atomic E-state index is 3.75. The molecule has 0 amide bonds. The van der Waals surface area contributed by atoms with Gasteiger partial charge in [0.15, 0.2) is 0 Å². The Labute approximate surface area is 131 Å². The van der Waals surface area contributed by atoms with Gasteiger partial charge < -0.3 is 5.32 Å². The average molecular weight is 337 g/mol. The maximum atomic E-state index is 3.75. The van der Waals surface area contributed by atoms with Gasteiger partial charge in [-0.1, -0.05) is 35.0 Å². The van der Waals surface area contributed by atoms with Gasteiger partial charge in [0.25, 0.3) is 0 Å². The summed E-state index contributed by atoms with van der Waals surface area (Å²) in [7, 11) is 2.33. The first-order chi connectivity index (χ1) is 9.67. The highest BCUT2D eigenvalue weighted by atomic mass is 79.9. The summed E-state index contributed by atoms with van der Waals surface area (Å²) in [6.45, 7) is 2.30. The summed E-state index contributed by atoms with van der Waals surface area (Å²) in [5.74, 6) is 0. The fraction of sp³-hybridized carbons (Fsp3) is 0.647. The van der Waals surface area contributed by atoms with Crippen molar-refractivity contribution >= 4 is 15.9 Å². The molecule has 0 radical (unpaired) electrons. The number of benzene rings is 1. The van der Waals surface area contributed by atoms with E-state index in [1.54, 1.807) is 0 Å². The summed E-state index contributed by atoms with van der Waals surface area (Å²) in [6, 6.07) is 11.7. The van der Waals surface area contributed by atoms with Crippen LogP contribution in [-0.4, -0.2) is 30.1 Å². The van der Waals surface area contributed by atoms with Gasteiger partial charge in [0, 0.05) is 28.6 Å². The smallest absolute Gasteiger partial charge is 0.0345 e. The highest BCUT2D eigenvalue weighted by Crippen LogP contribution is 2.34. The second kappa shape index (κ2) is 6.17. The number of piperidine rings is 1. The summed E-state index contributed by atoms with van der Waals surface area (Å²) in [5, 5.41) is 3.75. The molecule has 1 N–H and O–H groups in total. The van der Waals surface area contributed by atoms with Crippen LogP contribution in [0.25, 0.3) is 0 Å². The largest absolute Gasteiger partial charge is 0.311 e. The van der Waals surface area contributed by atoms with Crippen molar-refractivity contribution in [2.45, 2.75) is 63.2 Å². The Morgan fingerprint density at radius 2 is 1.80 bits per heavy atom. The summed E-state index contributed by atoms with van der Waals surface area (Å²) in [4.78, 5) is 2.63. The van der Waals surface area contributed by atoms with Crippen LogP contribution in [0.1, 0.15) is 50.6 Å². The fourth-order valence-corrected chi connectivity index (χ4v) is 4.32. The molecule has 0 spiro atoms. The standard InChI is InChI=1S/C17H25BrN2/c1-3-17(12-4-6-13(18)7-5-12)20(2)16-10-14-8-9-15(11-16)19-14/h4-7,14-17,19H,3,8-11H2,1-2H3. The molecule has 2 saturated heterocycles. The number of fused-ring (bicyclic) bond motifs is 2. The first kappa shape index (κ1) is 14.6. The summed E-state index contributed by atoms with van der Waals surface area (Å²) < 4.78 is 1.17. The van der Waals surface area contributed by atoms with Gasteiger partial charge in [-0.25, -0.2) is 0 Å². The van der Waals surface area contributed by atoms with Gasteiger partial charge in [-0.05, 0) is 56.8 Å². The minimum Gasteiger partial charge on any atom is -0.311 e. The molecule has 1 aromatic rings. The van der Waals surface area contributed by atoms with Crippen LogP contribution in [0, 0.1) is 0 Å². The van der Waals surface area contributed by atoms with Crippen LogP contribution in [0.4, 0.5) is 0 Å². The zero-order valence-corrected chi connectivity index (χ0v) is 14.1. The number of halogens is 1. The van der Waals surface area contributed by atoms with Crippen LogP contribution in [0.3, 0.4) is 0 Å². The Kier molecular flexibility index (Phi) is 4.49. The number of hydrogen-bond donors (Lipinski definition) is 1. The fourth-order valence-electron chi connectivity index (χ4n) is 4.06. The van der Waals surface area contributed by atoms with Gasteiger partial charge in [-0.3, -0.25) is 4.90 Å². The van der Waals surface area contributed by atoms with Crippen LogP contribution >= 0.6 is 15.9 Å². The molecule has 0 aliphatic carbocycles. The zero-order valence-electron chi connectivity index (χ0n) is 12.5. The van der Waals surface area contributed by atoms with E-state index in [0.29, 0.717) is 6.04 Å². The van der Waals surface area contributed by atoms with Gasteiger partial charge in [-0.15, -0.1) is 0 Å². The lowest BCUT2D eigenvalue weighted by molar-refractivity contribution is 0.121. The quantitative estimate of drug-likeness (QED) is 0.889. The van der Waals surface area contributed by atoms with Crippen LogP contribution in [0.2, 0.25) is 0 Å². The van der Waals surface area contributed by atoms with Crippen LogP contribution < -0.4 is 5.32 Å². The molecule has 110 valence electrons. The van der Waals surface area contributed by atoms with Crippen molar-refractivity contribution in [2.75, 3.05) is 7.05 Å². The third-order valence-corrected chi connectivity index (χ3v) is 5.69. The normalized spacial score (nSPS) is 30.7. The van der Waals surface area contributed by atoms with Crippen molar-refractivity contribution < 1.29 is 0 Å². The average Bonchev–Trinajstić information content (AvgIpc) is 2.80. The Morgan fingerprint density at radius 1 is 1.20 bits per heavy atom. The van der Waals surface area contributed by atoms with E-state index in [4.69, 9.17) is 0 Å². The maximum Gasteiger partial charge on any atom is 0.0345 e. The molecule has 2 heterocycles. The summed E-state index contributed by atoms with van der Waals surface area (Å²) in [5.41, 5.74) is 1.45. The number of nitrogens with one attached hydrogen (secondary N) is 1. The van der Waals surface area contributed by atoms with E-state index in [2.05, 4.69) is 64.4 Å². The molecule has 3 rings (SSSR count). The molecule has 0 aromatic heterocycles. The SMILES string of the molecule is CCC(c1ccc(Br)cc1)N(C)C1CC2CCC(C1)N2. The molecule has 20 heavy (non-hydrogen) atoms. The van der Waals surface area contributed by atoms with Crippen molar-refractivity contribution in [3.05, 3.63) is 34.3 Å². The minimum atomic E-state index is 0.547. The predicted octanol–water partition coefficient (Wildman–Crippen LogP) is 4.12. The van der Waals surface area contributed by atoms with Crippen molar-refractivity contribution in [2.24, 2.45) is 0 Å². The summed E-state index contributed by atoms with van der Waals surface area (Å²) in [6.07, 6.45) is 6.58. The first-order valence-electron chi connectivity index (χ1n) is 7.90. The van der Waals surface area contributed by atoms with E-state index in [0.717, 1.165) is 18.1 Å². The van der Waals surface area contributed by atoms with Crippen LogP contribution in [0.15, 0.2) is 28.7 Å². The molecule has 2 nitrogen and oxygen atoms in total. The number of hydrogen-bond acceptors (Lipinski definition) is 2. The predicted molar refractivity (Wildman–Crippen MR) is 87.9 cm³/mol. The molecule has 1 aromatic carbocycles. The molecule has 2 aliphatic heterocycles. The highest BCUT2D eigenvalue weighted by Gasteiger charge is 2.36. The third kappa shape index (κ3) is 2.95. The molecular formula is C17H25BrN2. The monoisotopic (exact) mass is 336 g/mol. The van der Waals surface area contributed by atoms with Crippen LogP contribution in [-0.2, 0) is 0 Å². The number of nitrogens with zero attached hydrogens (tertiary/aromatic N) is 1. The minimum absolute atomic E-state index is 0.547. The summed E-state index contributed by atoms with van der Waals surface area (Å²) >= 11 is 3.53. The lowest BCUT2D eigenvalue weighted by atomic mass is 9.94. The molecule has 3 atom stereocenters. The van der Waals surface area contributed by atoms with E-state index in [-0.39, 0.29) is 0 Å². The lowest BCUT2D eigenvalue weighted by Crippen LogP contribution is -2.47. The van der Waals surface area contributed by atoms with Crippen molar-refractivity contribution in [1.82, 2.24) is 10.2 Å². The van der Waals surface area contributed by atoms with Gasteiger partial charge in [-0.2, -0.15) is 0 Å². The number of rotatable bonds is 4. The van der Waals surface area contributed by atoms with Crippen molar-refractivity contribution in [3.63, 3.8) is 0 Å². The zero-order chi connectivity index (χ0) is 14.1. The topological polar surface area (TPSA) is 15.3 Å². The molecule has 2 aliphatic rings. The Bertz CT molecular complexity index is 433. The molecule has 3 unspecified atom stereocenters. The molecule has 2 bridgehead atoms. The van der Waals surface area contributed by atoms with E-state index >= 15 is 0 Å². The van der Waals surface area contributed by atoms with Crippen molar-refractivity contribution in [1.29, 1.82) is 0 Å². The van der Waals surface area contributed by atoms with Crippen LogP contribution in [0.5, 0.6) is 0 Å². The molecule has 0 saturated carbocycles. The molecule has 3 heteroatoms. The molecule has 2 fully saturated rings. The van der Waals surface area contributed by atoms with Crippen molar-refractivity contribution in [3.8, 4) is 0 Å². The van der Waals surface area contributed by atoms with E-state index < -0.39 is 0 Å². The second-order valence-electron chi connectivity index (χ2n) is 6.40. The van der Waals surface area contributed by atoms with E-state index in [1.165, 1.54) is 42.1 Å².